The number of rotatable bonds is 12. The van der Waals surface area contributed by atoms with Crippen LogP contribution in [0.3, 0.4) is 0 Å². The lowest BCUT2D eigenvalue weighted by atomic mass is 9.86. The van der Waals surface area contributed by atoms with E-state index in [1.165, 1.54) is 5.32 Å². The minimum Gasteiger partial charge on any atom is -0.352 e. The van der Waals surface area contributed by atoms with Gasteiger partial charge in [-0.3, -0.25) is 4.79 Å². The van der Waals surface area contributed by atoms with E-state index in [4.69, 9.17) is 0 Å². The maximum absolute atomic E-state index is 13.7. The van der Waals surface area contributed by atoms with Crippen molar-refractivity contribution in [3.05, 3.63) is 12.2 Å². The monoisotopic (exact) mass is 631 g/mol. The summed E-state index contributed by atoms with van der Waals surface area (Å²) < 4.78 is 278. The van der Waals surface area contributed by atoms with Crippen molar-refractivity contribution in [1.29, 1.82) is 0 Å². The van der Waals surface area contributed by atoms with Gasteiger partial charge in [-0.15, -0.1) is 0 Å². The van der Waals surface area contributed by atoms with Crippen molar-refractivity contribution < 1.29 is 97.0 Å². The maximum Gasteiger partial charge on any atom is 0.460 e. The predicted octanol–water partition coefficient (Wildman–Crippen LogP) is 7.35. The highest BCUT2D eigenvalue weighted by Gasteiger charge is 2.97. The number of carbonyl (C=O) groups excluding carboxylic acids is 1. The summed E-state index contributed by atoms with van der Waals surface area (Å²) in [5.74, 6) is -78.7. The summed E-state index contributed by atoms with van der Waals surface area (Å²) in [4.78, 5) is 11.0. The van der Waals surface area contributed by atoms with Crippen LogP contribution in [0.25, 0.3) is 0 Å². The zero-order chi connectivity index (χ0) is 32.3. The van der Waals surface area contributed by atoms with E-state index < -0.39 is 83.9 Å². The molecule has 0 atom stereocenters. The normalized spacial score (nSPS) is 15.8. The number of hydrogen-bond acceptors (Lipinski definition) is 1. The molecule has 0 aliphatic carbocycles. The first-order chi connectivity index (χ1) is 16.6. The highest BCUT2D eigenvalue weighted by Crippen LogP contribution is 2.66. The number of hydrogen-bond donors (Lipinski definition) is 1. The maximum atomic E-state index is 13.7. The van der Waals surface area contributed by atoms with E-state index in [1.807, 2.05) is 0 Å². The average molecular weight is 631 g/mol. The third-order valence-corrected chi connectivity index (χ3v) is 4.69. The molecule has 0 saturated heterocycles. The lowest BCUT2D eigenvalue weighted by Gasteiger charge is -2.44. The van der Waals surface area contributed by atoms with Crippen molar-refractivity contribution >= 4 is 5.91 Å². The topological polar surface area (TPSA) is 29.1 Å². The van der Waals surface area contributed by atoms with E-state index in [-0.39, 0.29) is 0 Å². The van der Waals surface area contributed by atoms with Gasteiger partial charge < -0.3 is 5.32 Å². The number of amides is 1. The van der Waals surface area contributed by atoms with E-state index in [9.17, 15) is 97.0 Å². The van der Waals surface area contributed by atoms with Crippen molar-refractivity contribution in [2.75, 3.05) is 6.54 Å². The molecule has 0 bridgehead atoms. The van der Waals surface area contributed by atoms with Crippen molar-refractivity contribution in [3.8, 4) is 0 Å². The molecule has 0 saturated carbocycles. The molecule has 23 heteroatoms. The van der Waals surface area contributed by atoms with Crippen molar-refractivity contribution in [2.45, 2.75) is 72.8 Å². The van der Waals surface area contributed by atoms with Gasteiger partial charge in [-0.25, -0.2) is 0 Å². The summed E-state index contributed by atoms with van der Waals surface area (Å²) in [6.45, 7) is 1.81. The minimum atomic E-state index is -9.20. The molecule has 0 aromatic heterocycles. The van der Waals surface area contributed by atoms with Crippen LogP contribution in [0.4, 0.5) is 92.2 Å². The molecule has 39 heavy (non-hydrogen) atoms. The van der Waals surface area contributed by atoms with Crippen molar-refractivity contribution in [3.63, 3.8) is 0 Å². The Morgan fingerprint density at radius 3 is 1.03 bits per heavy atom. The average Bonchev–Trinajstić information content (AvgIpc) is 2.71. The molecule has 0 aliphatic heterocycles. The van der Waals surface area contributed by atoms with Crippen molar-refractivity contribution in [2.24, 2.45) is 0 Å². The lowest BCUT2D eigenvalue weighted by molar-refractivity contribution is -0.474. The van der Waals surface area contributed by atoms with Gasteiger partial charge in [-0.1, -0.05) is 6.58 Å². The third-order valence-electron chi connectivity index (χ3n) is 4.69. The molecule has 0 heterocycles. The number of halogens is 21. The second-order valence-corrected chi connectivity index (χ2v) is 7.58. The first-order valence-corrected chi connectivity index (χ1v) is 8.98. The largest absolute Gasteiger partial charge is 0.460 e. The molecule has 0 spiro atoms. The predicted molar refractivity (Wildman–Crippen MR) is 83.0 cm³/mol. The zero-order valence-electron chi connectivity index (χ0n) is 18.0. The van der Waals surface area contributed by atoms with E-state index in [0.717, 1.165) is 6.92 Å². The summed E-state index contributed by atoms with van der Waals surface area (Å²) in [6.07, 6.45) is -10.9. The van der Waals surface area contributed by atoms with Crippen LogP contribution in [-0.4, -0.2) is 71.9 Å². The molecule has 0 radical (unpaired) electrons. The molecule has 0 rings (SSSR count). The molecular weight excluding hydrogens is 621 g/mol. The van der Waals surface area contributed by atoms with Crippen LogP contribution in [0, 0.1) is 0 Å². The Kier molecular flexibility index (Phi) is 9.12. The Hall–Kier alpha value is -2.26. The first kappa shape index (κ1) is 36.7. The molecule has 232 valence electrons. The molecule has 0 fully saturated rings. The van der Waals surface area contributed by atoms with E-state index in [0.29, 0.717) is 0 Å². The fraction of sp³-hybridized carbons (Fsp3) is 0.812. The van der Waals surface area contributed by atoms with Gasteiger partial charge in [-0.05, 0) is 6.92 Å². The summed E-state index contributed by atoms with van der Waals surface area (Å²) in [6, 6.07) is 0. The lowest BCUT2D eigenvalue weighted by Crippen LogP contribution is -2.76. The van der Waals surface area contributed by atoms with Crippen LogP contribution in [0.15, 0.2) is 12.2 Å². The summed E-state index contributed by atoms with van der Waals surface area (Å²) in [5, 5.41) is 1.22. The molecule has 0 aromatic rings. The first-order valence-electron chi connectivity index (χ1n) is 8.98. The Bertz CT molecular complexity index is 931. The molecule has 1 N–H and O–H groups in total. The van der Waals surface area contributed by atoms with Crippen LogP contribution >= 0.6 is 0 Å². The van der Waals surface area contributed by atoms with Gasteiger partial charge in [0.05, 0.1) is 0 Å². The SMILES string of the molecule is C=C(C)C(=O)NCCC(F)(F)C(F)(F)C(F)(F)C(F)(F)C(F)(F)C(F)(F)C(F)(F)C(F)(F)C(F)(F)C(F)(F)F. The molecule has 2 nitrogen and oxygen atoms in total. The standard InChI is InChI=1S/C16H10F21NO/c1-5(2)6(39)38-4-3-7(17,18)8(19,20)9(21,22)10(23,24)11(25,26)12(27,28)13(29,30)14(31,32)15(33,34)16(35,36)37/h1,3-4H2,2H3,(H,38,39). The summed E-state index contributed by atoms with van der Waals surface area (Å²) in [7, 11) is 0. The fourth-order valence-electron chi connectivity index (χ4n) is 2.23. The van der Waals surface area contributed by atoms with Crippen LogP contribution in [0.2, 0.25) is 0 Å². The van der Waals surface area contributed by atoms with Gasteiger partial charge in [0.1, 0.15) is 0 Å². The molecule has 0 unspecified atom stereocenters. The van der Waals surface area contributed by atoms with Crippen LogP contribution in [0.1, 0.15) is 13.3 Å². The van der Waals surface area contributed by atoms with Gasteiger partial charge in [0.2, 0.25) is 5.91 Å². The van der Waals surface area contributed by atoms with Crippen LogP contribution in [-0.2, 0) is 4.79 Å². The minimum absolute atomic E-state index is 0.572. The highest BCUT2D eigenvalue weighted by molar-refractivity contribution is 5.92. The van der Waals surface area contributed by atoms with Crippen molar-refractivity contribution in [1.82, 2.24) is 5.32 Å². The van der Waals surface area contributed by atoms with Crippen LogP contribution in [0.5, 0.6) is 0 Å². The van der Waals surface area contributed by atoms with Gasteiger partial charge in [0, 0.05) is 18.5 Å². The fourth-order valence-corrected chi connectivity index (χ4v) is 2.23. The molecular formula is C16H10F21NO. The Balaban J connectivity index is 6.78. The quantitative estimate of drug-likeness (QED) is 0.177. The van der Waals surface area contributed by atoms with Crippen LogP contribution < -0.4 is 5.32 Å². The zero-order valence-corrected chi connectivity index (χ0v) is 18.0. The summed E-state index contributed by atoms with van der Waals surface area (Å²) >= 11 is 0. The molecule has 1 amide bonds. The number of nitrogens with one attached hydrogen (secondary N) is 1. The second kappa shape index (κ2) is 9.68. The smallest absolute Gasteiger partial charge is 0.352 e. The third kappa shape index (κ3) is 5.05. The van der Waals surface area contributed by atoms with E-state index in [1.54, 1.807) is 0 Å². The Labute approximate surface area is 201 Å². The van der Waals surface area contributed by atoms with Gasteiger partial charge in [0.25, 0.3) is 0 Å². The number of carbonyl (C=O) groups is 1. The molecule has 0 aliphatic rings. The Morgan fingerprint density at radius 2 is 0.769 bits per heavy atom. The van der Waals surface area contributed by atoms with Gasteiger partial charge in [0.15, 0.2) is 0 Å². The van der Waals surface area contributed by atoms with Gasteiger partial charge in [-0.2, -0.15) is 92.2 Å². The van der Waals surface area contributed by atoms with E-state index in [2.05, 4.69) is 6.58 Å². The second-order valence-electron chi connectivity index (χ2n) is 7.58. The highest BCUT2D eigenvalue weighted by atomic mass is 19.4. The van der Waals surface area contributed by atoms with Gasteiger partial charge >= 0.3 is 59.5 Å². The van der Waals surface area contributed by atoms with E-state index >= 15 is 0 Å². The number of alkyl halides is 21. The Morgan fingerprint density at radius 1 is 0.513 bits per heavy atom. The molecule has 0 aromatic carbocycles. The summed E-state index contributed by atoms with van der Waals surface area (Å²) in [5.41, 5.74) is -0.572.